The molecule has 0 saturated heterocycles. The van der Waals surface area contributed by atoms with Gasteiger partial charge in [-0.2, -0.15) is 0 Å². The molecule has 0 saturated carbocycles. The molecule has 0 bridgehead atoms. The minimum absolute atomic E-state index is 0.0990. The van der Waals surface area contributed by atoms with Crippen LogP contribution in [0, 0.1) is 0 Å². The number of halogens is 1. The zero-order chi connectivity index (χ0) is 12.8. The average Bonchev–Trinajstić information content (AvgIpc) is 2.37. The van der Waals surface area contributed by atoms with Crippen LogP contribution in [0.4, 0.5) is 0 Å². The van der Waals surface area contributed by atoms with Crippen LogP contribution in [0.2, 0.25) is 0 Å². The van der Waals surface area contributed by atoms with Crippen molar-refractivity contribution in [1.82, 2.24) is 4.90 Å². The molecule has 4 heteroatoms. The van der Waals surface area contributed by atoms with Crippen LogP contribution in [0.25, 0.3) is 0 Å². The lowest BCUT2D eigenvalue weighted by atomic mass is 10.2. The highest BCUT2D eigenvalue weighted by Gasteiger charge is 2.17. The molecule has 0 fully saturated rings. The number of amides is 1. The first-order chi connectivity index (χ1) is 8.08. The van der Waals surface area contributed by atoms with Gasteiger partial charge in [0.05, 0.1) is 11.9 Å². The molecule has 1 rings (SSSR count). The van der Waals surface area contributed by atoms with E-state index in [9.17, 15) is 4.79 Å². The quantitative estimate of drug-likeness (QED) is 0.783. The van der Waals surface area contributed by atoms with Gasteiger partial charge in [0.2, 0.25) is 5.91 Å². The predicted molar refractivity (Wildman–Crippen MR) is 72.5 cm³/mol. The van der Waals surface area contributed by atoms with Gasteiger partial charge in [-0.1, -0.05) is 35.0 Å². The standard InChI is InChI=1S/C13H18BrNO2/c1-4-12(14)13(16)15(2)9-10-6-5-7-11(8-10)17-3/h5-8,12H,4,9H2,1-3H3. The highest BCUT2D eigenvalue weighted by Crippen LogP contribution is 2.15. The van der Waals surface area contributed by atoms with E-state index in [1.165, 1.54) is 0 Å². The first-order valence-corrected chi connectivity index (χ1v) is 6.52. The van der Waals surface area contributed by atoms with Crippen LogP contribution in [0.3, 0.4) is 0 Å². The predicted octanol–water partition coefficient (Wildman–Crippen LogP) is 2.83. The van der Waals surface area contributed by atoms with Crippen molar-refractivity contribution < 1.29 is 9.53 Å². The summed E-state index contributed by atoms with van der Waals surface area (Å²) < 4.78 is 5.15. The van der Waals surface area contributed by atoms with Crippen molar-refractivity contribution in [3.63, 3.8) is 0 Å². The molecule has 3 nitrogen and oxygen atoms in total. The Morgan fingerprint density at radius 1 is 1.53 bits per heavy atom. The summed E-state index contributed by atoms with van der Waals surface area (Å²) in [7, 11) is 3.45. The Bertz CT molecular complexity index is 381. The number of ether oxygens (including phenoxy) is 1. The second-order valence-corrected chi connectivity index (χ2v) is 5.03. The fourth-order valence-corrected chi connectivity index (χ4v) is 1.89. The van der Waals surface area contributed by atoms with Crippen molar-refractivity contribution >= 4 is 21.8 Å². The number of carbonyl (C=O) groups excluding carboxylic acids is 1. The fourth-order valence-electron chi connectivity index (χ4n) is 1.54. The largest absolute Gasteiger partial charge is 0.497 e. The molecule has 0 heterocycles. The Kier molecular flexibility index (Phi) is 5.48. The van der Waals surface area contributed by atoms with Gasteiger partial charge >= 0.3 is 0 Å². The number of hydrogen-bond acceptors (Lipinski definition) is 2. The van der Waals surface area contributed by atoms with Crippen molar-refractivity contribution in [1.29, 1.82) is 0 Å². The zero-order valence-electron chi connectivity index (χ0n) is 10.4. The zero-order valence-corrected chi connectivity index (χ0v) is 12.0. The number of benzene rings is 1. The Hall–Kier alpha value is -1.03. The average molecular weight is 300 g/mol. The third-order valence-corrected chi connectivity index (χ3v) is 3.60. The first-order valence-electron chi connectivity index (χ1n) is 5.60. The van der Waals surface area contributed by atoms with Crippen LogP contribution in [-0.4, -0.2) is 29.8 Å². The molecule has 0 aliphatic carbocycles. The van der Waals surface area contributed by atoms with Crippen molar-refractivity contribution in [2.45, 2.75) is 24.7 Å². The number of nitrogens with zero attached hydrogens (tertiary/aromatic N) is 1. The van der Waals surface area contributed by atoms with Gasteiger partial charge in [-0.05, 0) is 24.1 Å². The van der Waals surface area contributed by atoms with Crippen LogP contribution in [0.1, 0.15) is 18.9 Å². The molecule has 1 aromatic carbocycles. The summed E-state index contributed by atoms with van der Waals surface area (Å²) in [4.78, 5) is 13.5. The third-order valence-electron chi connectivity index (χ3n) is 2.56. The van der Waals surface area contributed by atoms with Crippen LogP contribution in [-0.2, 0) is 11.3 Å². The Balaban J connectivity index is 2.67. The summed E-state index contributed by atoms with van der Waals surface area (Å²) in [6.07, 6.45) is 0.793. The van der Waals surface area contributed by atoms with Gasteiger partial charge in [-0.25, -0.2) is 0 Å². The van der Waals surface area contributed by atoms with Crippen LogP contribution >= 0.6 is 15.9 Å². The molecular formula is C13H18BrNO2. The molecule has 1 atom stereocenters. The van der Waals surface area contributed by atoms with Gasteiger partial charge < -0.3 is 9.64 Å². The Morgan fingerprint density at radius 2 is 2.24 bits per heavy atom. The first kappa shape index (κ1) is 14.0. The van der Waals surface area contributed by atoms with E-state index in [0.29, 0.717) is 6.54 Å². The maximum absolute atomic E-state index is 11.9. The van der Waals surface area contributed by atoms with Gasteiger partial charge in [0.15, 0.2) is 0 Å². The molecule has 1 aromatic rings. The molecule has 0 aliphatic rings. The molecule has 94 valence electrons. The molecular weight excluding hydrogens is 282 g/mol. The highest BCUT2D eigenvalue weighted by molar-refractivity contribution is 9.10. The van der Waals surface area contributed by atoms with E-state index < -0.39 is 0 Å². The number of rotatable bonds is 5. The third kappa shape index (κ3) is 4.04. The van der Waals surface area contributed by atoms with Crippen molar-refractivity contribution in [3.05, 3.63) is 29.8 Å². The summed E-state index contributed by atoms with van der Waals surface area (Å²) in [6.45, 7) is 2.58. The fraction of sp³-hybridized carbons (Fsp3) is 0.462. The highest BCUT2D eigenvalue weighted by atomic mass is 79.9. The Labute approximate surface area is 111 Å². The van der Waals surface area contributed by atoms with E-state index in [-0.39, 0.29) is 10.7 Å². The molecule has 0 aromatic heterocycles. The minimum Gasteiger partial charge on any atom is -0.497 e. The number of carbonyl (C=O) groups is 1. The monoisotopic (exact) mass is 299 g/mol. The molecule has 0 radical (unpaired) electrons. The molecule has 0 aliphatic heterocycles. The lowest BCUT2D eigenvalue weighted by molar-refractivity contribution is -0.129. The van der Waals surface area contributed by atoms with E-state index in [1.54, 1.807) is 12.0 Å². The molecule has 1 amide bonds. The number of hydrogen-bond donors (Lipinski definition) is 0. The second kappa shape index (κ2) is 6.64. The Morgan fingerprint density at radius 3 is 2.82 bits per heavy atom. The van der Waals surface area contributed by atoms with Crippen molar-refractivity contribution in [2.75, 3.05) is 14.2 Å². The maximum atomic E-state index is 11.9. The normalized spacial score (nSPS) is 12.0. The number of methoxy groups -OCH3 is 1. The lowest BCUT2D eigenvalue weighted by Crippen LogP contribution is -2.32. The van der Waals surface area contributed by atoms with E-state index in [1.807, 2.05) is 38.2 Å². The van der Waals surface area contributed by atoms with Gasteiger partial charge in [0.25, 0.3) is 0 Å². The van der Waals surface area contributed by atoms with Crippen molar-refractivity contribution in [2.24, 2.45) is 0 Å². The van der Waals surface area contributed by atoms with E-state index in [4.69, 9.17) is 4.74 Å². The van der Waals surface area contributed by atoms with Crippen LogP contribution < -0.4 is 4.74 Å². The smallest absolute Gasteiger partial charge is 0.236 e. The minimum atomic E-state index is -0.0990. The molecule has 0 spiro atoms. The maximum Gasteiger partial charge on any atom is 0.236 e. The topological polar surface area (TPSA) is 29.5 Å². The summed E-state index contributed by atoms with van der Waals surface area (Å²) in [5, 5.41) is 0. The molecule has 1 unspecified atom stereocenters. The molecule has 17 heavy (non-hydrogen) atoms. The summed E-state index contributed by atoms with van der Waals surface area (Å²) in [5.41, 5.74) is 1.07. The van der Waals surface area contributed by atoms with E-state index >= 15 is 0 Å². The van der Waals surface area contributed by atoms with Gasteiger partial charge in [-0.3, -0.25) is 4.79 Å². The van der Waals surface area contributed by atoms with Crippen LogP contribution in [0.5, 0.6) is 5.75 Å². The number of alkyl halides is 1. The van der Waals surface area contributed by atoms with E-state index in [0.717, 1.165) is 17.7 Å². The van der Waals surface area contributed by atoms with Gasteiger partial charge in [0.1, 0.15) is 5.75 Å². The van der Waals surface area contributed by atoms with Crippen LogP contribution in [0.15, 0.2) is 24.3 Å². The molecule has 0 N–H and O–H groups in total. The van der Waals surface area contributed by atoms with Crippen molar-refractivity contribution in [3.8, 4) is 5.75 Å². The second-order valence-electron chi connectivity index (χ2n) is 3.92. The van der Waals surface area contributed by atoms with E-state index in [2.05, 4.69) is 15.9 Å². The summed E-state index contributed by atoms with van der Waals surface area (Å²) in [6, 6.07) is 7.75. The van der Waals surface area contributed by atoms with Gasteiger partial charge in [-0.15, -0.1) is 0 Å². The lowest BCUT2D eigenvalue weighted by Gasteiger charge is -2.20. The summed E-state index contributed by atoms with van der Waals surface area (Å²) >= 11 is 3.37. The van der Waals surface area contributed by atoms with Gasteiger partial charge in [0, 0.05) is 13.6 Å². The summed E-state index contributed by atoms with van der Waals surface area (Å²) in [5.74, 6) is 0.921. The SMILES string of the molecule is CCC(Br)C(=O)N(C)Cc1cccc(OC)c1.